The summed E-state index contributed by atoms with van der Waals surface area (Å²) in [6, 6.07) is 1.79. The molecule has 1 saturated heterocycles. The van der Waals surface area contributed by atoms with Gasteiger partial charge >= 0.3 is 0 Å². The molecule has 2 aliphatic rings. The summed E-state index contributed by atoms with van der Waals surface area (Å²) < 4.78 is 7.16. The maximum Gasteiger partial charge on any atom is 0.267 e. The molecule has 0 atom stereocenters. The Kier molecular flexibility index (Phi) is 4.69. The molecular formula is C18H24N4O2S. The Balaban J connectivity index is 1.36. The highest BCUT2D eigenvalue weighted by atomic mass is 32.2. The van der Waals surface area contributed by atoms with Crippen molar-refractivity contribution in [3.8, 4) is 0 Å². The third-order valence-electron chi connectivity index (χ3n) is 4.94. The fraction of sp³-hybridized carbons (Fsp3) is 0.611. The fourth-order valence-corrected chi connectivity index (χ4v) is 4.58. The quantitative estimate of drug-likeness (QED) is 0.815. The second kappa shape index (κ2) is 6.96. The van der Waals surface area contributed by atoms with Crippen molar-refractivity contribution in [1.29, 1.82) is 0 Å². The Morgan fingerprint density at radius 1 is 1.40 bits per heavy atom. The molecule has 2 aliphatic heterocycles. The highest BCUT2D eigenvalue weighted by Gasteiger charge is 2.29. The summed E-state index contributed by atoms with van der Waals surface area (Å²) in [4.78, 5) is 19.0. The predicted molar refractivity (Wildman–Crippen MR) is 97.7 cm³/mol. The molecule has 0 bridgehead atoms. The second-order valence-corrected chi connectivity index (χ2v) is 8.42. The van der Waals surface area contributed by atoms with Crippen molar-refractivity contribution < 1.29 is 4.42 Å². The molecule has 0 aromatic carbocycles. The molecule has 7 heteroatoms. The minimum atomic E-state index is 0.0401. The first-order chi connectivity index (χ1) is 12.1. The molecular weight excluding hydrogens is 336 g/mol. The highest BCUT2D eigenvalue weighted by molar-refractivity contribution is 7.98. The largest absolute Gasteiger partial charge is 0.448 e. The van der Waals surface area contributed by atoms with Gasteiger partial charge in [-0.2, -0.15) is 16.9 Å². The van der Waals surface area contributed by atoms with Crippen LogP contribution in [0.15, 0.2) is 21.7 Å². The Morgan fingerprint density at radius 3 is 3.04 bits per heavy atom. The minimum absolute atomic E-state index is 0.0401. The van der Waals surface area contributed by atoms with Crippen LogP contribution in [0.2, 0.25) is 0 Å². The summed E-state index contributed by atoms with van der Waals surface area (Å²) >= 11 is 1.88. The van der Waals surface area contributed by atoms with Crippen LogP contribution in [0.25, 0.3) is 0 Å². The van der Waals surface area contributed by atoms with Gasteiger partial charge in [0.15, 0.2) is 6.39 Å². The minimum Gasteiger partial charge on any atom is -0.448 e. The van der Waals surface area contributed by atoms with Crippen LogP contribution in [0, 0.1) is 5.92 Å². The summed E-state index contributed by atoms with van der Waals surface area (Å²) in [6.45, 7) is 7.73. The number of nitrogens with zero attached hydrogens (tertiary/aromatic N) is 4. The van der Waals surface area contributed by atoms with Crippen LogP contribution < -0.4 is 5.56 Å². The highest BCUT2D eigenvalue weighted by Crippen LogP contribution is 2.25. The van der Waals surface area contributed by atoms with E-state index in [-0.39, 0.29) is 5.56 Å². The van der Waals surface area contributed by atoms with Gasteiger partial charge in [-0.1, -0.05) is 13.8 Å². The van der Waals surface area contributed by atoms with Crippen LogP contribution in [-0.4, -0.2) is 38.5 Å². The van der Waals surface area contributed by atoms with Gasteiger partial charge < -0.3 is 4.42 Å². The number of thioether (sulfide) groups is 1. The molecule has 0 saturated carbocycles. The number of aromatic nitrogens is 3. The smallest absolute Gasteiger partial charge is 0.267 e. The molecule has 6 nitrogen and oxygen atoms in total. The lowest BCUT2D eigenvalue weighted by atomic mass is 9.99. The topological polar surface area (TPSA) is 64.2 Å². The summed E-state index contributed by atoms with van der Waals surface area (Å²) in [5.74, 6) is 3.84. The first kappa shape index (κ1) is 16.8. The molecule has 0 unspecified atom stereocenters. The van der Waals surface area contributed by atoms with Crippen LogP contribution in [0.3, 0.4) is 0 Å². The first-order valence-electron chi connectivity index (χ1n) is 8.92. The summed E-state index contributed by atoms with van der Waals surface area (Å²) in [7, 11) is 0. The zero-order chi connectivity index (χ0) is 17.4. The van der Waals surface area contributed by atoms with Crippen LogP contribution in [0.1, 0.15) is 42.5 Å². The zero-order valence-electron chi connectivity index (χ0n) is 14.8. The number of likely N-dealkylation sites (tertiary alicyclic amines) is 1. The molecule has 0 spiro atoms. The van der Waals surface area contributed by atoms with Crippen molar-refractivity contribution in [2.75, 3.05) is 18.8 Å². The summed E-state index contributed by atoms with van der Waals surface area (Å²) in [5, 5.41) is 4.62. The fourth-order valence-electron chi connectivity index (χ4n) is 3.63. The van der Waals surface area contributed by atoms with Crippen LogP contribution in [-0.2, 0) is 25.3 Å². The SMILES string of the molecule is CC(C)c1ocnc1CN1CC(Cn2nc3c(cc2=O)CSCC3)C1. The lowest BCUT2D eigenvalue weighted by Gasteiger charge is -2.39. The molecule has 2 aromatic heterocycles. The van der Waals surface area contributed by atoms with Crippen molar-refractivity contribution in [1.82, 2.24) is 19.7 Å². The van der Waals surface area contributed by atoms with Crippen LogP contribution in [0.5, 0.6) is 0 Å². The van der Waals surface area contributed by atoms with E-state index in [9.17, 15) is 4.79 Å². The third kappa shape index (κ3) is 3.53. The van der Waals surface area contributed by atoms with Gasteiger partial charge in [0.05, 0.1) is 17.9 Å². The Hall–Kier alpha value is -1.60. The van der Waals surface area contributed by atoms with E-state index in [2.05, 4.69) is 28.8 Å². The van der Waals surface area contributed by atoms with E-state index < -0.39 is 0 Å². The van der Waals surface area contributed by atoms with Gasteiger partial charge in [-0.25, -0.2) is 9.67 Å². The molecule has 0 N–H and O–H groups in total. The predicted octanol–water partition coefficient (Wildman–Crippen LogP) is 2.28. The van der Waals surface area contributed by atoms with E-state index in [1.54, 1.807) is 10.7 Å². The normalized spacial score (nSPS) is 18.4. The number of rotatable bonds is 5. The van der Waals surface area contributed by atoms with Crippen LogP contribution >= 0.6 is 11.8 Å². The van der Waals surface area contributed by atoms with E-state index in [0.29, 0.717) is 18.4 Å². The molecule has 4 rings (SSSR count). The lowest BCUT2D eigenvalue weighted by molar-refractivity contribution is 0.0747. The van der Waals surface area contributed by atoms with E-state index >= 15 is 0 Å². The van der Waals surface area contributed by atoms with E-state index in [0.717, 1.165) is 60.3 Å². The van der Waals surface area contributed by atoms with Gasteiger partial charge in [0, 0.05) is 49.7 Å². The number of fused-ring (bicyclic) bond motifs is 1. The van der Waals surface area contributed by atoms with Crippen molar-refractivity contribution >= 4 is 11.8 Å². The maximum absolute atomic E-state index is 12.3. The monoisotopic (exact) mass is 360 g/mol. The average Bonchev–Trinajstić information content (AvgIpc) is 3.01. The van der Waals surface area contributed by atoms with Crippen molar-refractivity contribution in [2.24, 2.45) is 5.92 Å². The Bertz CT molecular complexity index is 808. The first-order valence-corrected chi connectivity index (χ1v) is 10.1. The lowest BCUT2D eigenvalue weighted by Crippen LogP contribution is -2.49. The zero-order valence-corrected chi connectivity index (χ0v) is 15.6. The van der Waals surface area contributed by atoms with Gasteiger partial charge in [0.25, 0.3) is 5.56 Å². The number of hydrogen-bond acceptors (Lipinski definition) is 6. The van der Waals surface area contributed by atoms with E-state index in [4.69, 9.17) is 4.42 Å². The Morgan fingerprint density at radius 2 is 2.24 bits per heavy atom. The van der Waals surface area contributed by atoms with Crippen molar-refractivity contribution in [2.45, 2.75) is 45.0 Å². The number of hydrogen-bond donors (Lipinski definition) is 0. The summed E-state index contributed by atoms with van der Waals surface area (Å²) in [5.41, 5.74) is 3.31. The van der Waals surface area contributed by atoms with Gasteiger partial charge in [0.1, 0.15) is 5.76 Å². The molecule has 0 amide bonds. The van der Waals surface area contributed by atoms with E-state index in [1.165, 1.54) is 6.39 Å². The maximum atomic E-state index is 12.3. The van der Waals surface area contributed by atoms with Gasteiger partial charge in [0.2, 0.25) is 0 Å². The molecule has 0 radical (unpaired) electrons. The molecule has 2 aromatic rings. The molecule has 25 heavy (non-hydrogen) atoms. The van der Waals surface area contributed by atoms with Crippen molar-refractivity contribution in [3.63, 3.8) is 0 Å². The average molecular weight is 360 g/mol. The molecule has 1 fully saturated rings. The molecule has 0 aliphatic carbocycles. The number of aryl methyl sites for hydroxylation is 1. The van der Waals surface area contributed by atoms with Crippen LogP contribution in [0.4, 0.5) is 0 Å². The second-order valence-electron chi connectivity index (χ2n) is 7.32. The molecule has 4 heterocycles. The number of oxazole rings is 1. The van der Waals surface area contributed by atoms with E-state index in [1.807, 2.05) is 11.8 Å². The summed E-state index contributed by atoms with van der Waals surface area (Å²) in [6.07, 6.45) is 2.51. The van der Waals surface area contributed by atoms with Gasteiger partial charge in [-0.3, -0.25) is 9.69 Å². The van der Waals surface area contributed by atoms with Gasteiger partial charge in [-0.05, 0) is 11.3 Å². The van der Waals surface area contributed by atoms with Crippen molar-refractivity contribution in [3.05, 3.63) is 45.5 Å². The standard InChI is InChI=1S/C18H24N4O2S/c1-12(2)18-16(19-11-24-18)9-21-6-13(7-21)8-22-17(23)5-14-10-25-4-3-15(14)20-22/h5,11-13H,3-4,6-10H2,1-2H3. The Labute approximate surface area is 151 Å². The van der Waals surface area contributed by atoms with Gasteiger partial charge in [-0.15, -0.1) is 0 Å². The third-order valence-corrected chi connectivity index (χ3v) is 5.95. The molecule has 134 valence electrons.